The summed E-state index contributed by atoms with van der Waals surface area (Å²) >= 11 is 1.30. The molecule has 1 atom stereocenters. The standard InChI is InChI=1S/C23H25N5O2S/c1-15-5-9-18(10-6-15)24-20(29)22-27-26-21(31-22)17-4-3-13-28(14-17)23(30)25-19-11-7-16(2)8-12-19/h5-12,17H,3-4,13-14H2,1-2H3,(H,24,29)(H,25,30)/t17-/m0/s1. The van der Waals surface area contributed by atoms with Crippen molar-refractivity contribution in [2.45, 2.75) is 32.6 Å². The van der Waals surface area contributed by atoms with Crippen LogP contribution in [0.25, 0.3) is 0 Å². The number of nitrogens with one attached hydrogen (secondary N) is 2. The van der Waals surface area contributed by atoms with Crippen LogP contribution in [0.3, 0.4) is 0 Å². The Morgan fingerprint density at radius 1 is 0.935 bits per heavy atom. The van der Waals surface area contributed by atoms with E-state index >= 15 is 0 Å². The first-order chi connectivity index (χ1) is 15.0. The van der Waals surface area contributed by atoms with Crippen molar-refractivity contribution >= 4 is 34.6 Å². The van der Waals surface area contributed by atoms with Crippen LogP contribution < -0.4 is 10.6 Å². The van der Waals surface area contributed by atoms with Crippen molar-refractivity contribution in [3.63, 3.8) is 0 Å². The summed E-state index contributed by atoms with van der Waals surface area (Å²) < 4.78 is 0. The van der Waals surface area contributed by atoms with Gasteiger partial charge in [0.2, 0.25) is 5.01 Å². The van der Waals surface area contributed by atoms with Crippen molar-refractivity contribution in [3.05, 3.63) is 69.7 Å². The maximum Gasteiger partial charge on any atom is 0.321 e. The van der Waals surface area contributed by atoms with E-state index in [-0.39, 0.29) is 17.9 Å². The Kier molecular flexibility index (Phi) is 6.27. The summed E-state index contributed by atoms with van der Waals surface area (Å²) in [5.74, 6) is -0.187. The molecule has 0 spiro atoms. The first-order valence-corrected chi connectivity index (χ1v) is 11.1. The maximum absolute atomic E-state index is 12.7. The van der Waals surface area contributed by atoms with Crippen molar-refractivity contribution in [1.82, 2.24) is 15.1 Å². The molecule has 0 unspecified atom stereocenters. The normalized spacial score (nSPS) is 16.1. The van der Waals surface area contributed by atoms with Crippen molar-refractivity contribution in [1.29, 1.82) is 0 Å². The maximum atomic E-state index is 12.7. The number of amides is 3. The number of hydrogen-bond donors (Lipinski definition) is 2. The average molecular weight is 436 g/mol. The van der Waals surface area contributed by atoms with E-state index in [0.717, 1.165) is 40.4 Å². The molecule has 7 nitrogen and oxygen atoms in total. The van der Waals surface area contributed by atoms with Gasteiger partial charge in [-0.25, -0.2) is 4.79 Å². The highest BCUT2D eigenvalue weighted by Gasteiger charge is 2.28. The van der Waals surface area contributed by atoms with E-state index in [9.17, 15) is 9.59 Å². The SMILES string of the molecule is Cc1ccc(NC(=O)c2nnc([C@H]3CCCN(C(=O)Nc4ccc(C)cc4)C3)s2)cc1. The highest BCUT2D eigenvalue weighted by Crippen LogP contribution is 2.29. The summed E-state index contributed by atoms with van der Waals surface area (Å²) in [5.41, 5.74) is 3.78. The highest BCUT2D eigenvalue weighted by molar-refractivity contribution is 7.13. The minimum atomic E-state index is -0.266. The second-order valence-electron chi connectivity index (χ2n) is 7.85. The van der Waals surface area contributed by atoms with Gasteiger partial charge in [0.05, 0.1) is 0 Å². The number of benzene rings is 2. The van der Waals surface area contributed by atoms with Gasteiger partial charge in [-0.1, -0.05) is 46.7 Å². The largest absolute Gasteiger partial charge is 0.324 e. The summed E-state index contributed by atoms with van der Waals surface area (Å²) in [6.07, 6.45) is 1.80. The van der Waals surface area contributed by atoms with Crippen LogP contribution in [0.2, 0.25) is 0 Å². The first-order valence-electron chi connectivity index (χ1n) is 10.3. The third kappa shape index (κ3) is 5.27. The fraction of sp³-hybridized carbons (Fsp3) is 0.304. The average Bonchev–Trinajstić information content (AvgIpc) is 3.28. The zero-order valence-corrected chi connectivity index (χ0v) is 18.4. The van der Waals surface area contributed by atoms with Crippen molar-refractivity contribution in [2.24, 2.45) is 0 Å². The number of aryl methyl sites for hydroxylation is 2. The van der Waals surface area contributed by atoms with Crippen LogP contribution in [0.4, 0.5) is 16.2 Å². The van der Waals surface area contributed by atoms with Gasteiger partial charge in [0.25, 0.3) is 5.91 Å². The molecule has 8 heteroatoms. The smallest absolute Gasteiger partial charge is 0.321 e. The molecule has 2 heterocycles. The van der Waals surface area contributed by atoms with Crippen LogP contribution in [-0.2, 0) is 0 Å². The van der Waals surface area contributed by atoms with Gasteiger partial charge < -0.3 is 15.5 Å². The molecule has 3 aromatic rings. The summed E-state index contributed by atoms with van der Waals surface area (Å²) in [6.45, 7) is 5.27. The summed E-state index contributed by atoms with van der Waals surface area (Å²) in [4.78, 5) is 27.0. The van der Waals surface area contributed by atoms with Gasteiger partial charge in [-0.05, 0) is 51.0 Å². The quantitative estimate of drug-likeness (QED) is 0.615. The van der Waals surface area contributed by atoms with Gasteiger partial charge in [0.15, 0.2) is 0 Å². The zero-order chi connectivity index (χ0) is 21.8. The summed E-state index contributed by atoms with van der Waals surface area (Å²) in [6, 6.07) is 15.2. The van der Waals surface area contributed by atoms with E-state index in [1.165, 1.54) is 11.3 Å². The molecule has 160 valence electrons. The molecule has 3 amide bonds. The van der Waals surface area contributed by atoms with Crippen LogP contribution in [0.15, 0.2) is 48.5 Å². The molecule has 1 saturated heterocycles. The number of carbonyl (C=O) groups is 2. The van der Waals surface area contributed by atoms with E-state index in [0.29, 0.717) is 18.1 Å². The topological polar surface area (TPSA) is 87.2 Å². The Balaban J connectivity index is 1.37. The number of hydrogen-bond acceptors (Lipinski definition) is 5. The van der Waals surface area contributed by atoms with Gasteiger partial charge in [-0.2, -0.15) is 0 Å². The number of anilines is 2. The Bertz CT molecular complexity index is 1060. The van der Waals surface area contributed by atoms with Gasteiger partial charge in [-0.15, -0.1) is 10.2 Å². The van der Waals surface area contributed by atoms with Crippen molar-refractivity contribution < 1.29 is 9.59 Å². The van der Waals surface area contributed by atoms with Gasteiger partial charge >= 0.3 is 6.03 Å². The van der Waals surface area contributed by atoms with E-state index < -0.39 is 0 Å². The molecule has 0 saturated carbocycles. The first kappa shape index (κ1) is 21.0. The molecule has 2 aromatic carbocycles. The zero-order valence-electron chi connectivity index (χ0n) is 17.6. The number of rotatable bonds is 4. The van der Waals surface area contributed by atoms with E-state index in [2.05, 4.69) is 20.8 Å². The third-order valence-electron chi connectivity index (χ3n) is 5.30. The number of likely N-dealkylation sites (tertiary alicyclic amines) is 1. The van der Waals surface area contributed by atoms with Crippen molar-refractivity contribution in [3.8, 4) is 0 Å². The molecule has 1 aliphatic rings. The number of aromatic nitrogens is 2. The van der Waals surface area contributed by atoms with Crippen LogP contribution >= 0.6 is 11.3 Å². The van der Waals surface area contributed by atoms with Gasteiger partial charge in [-0.3, -0.25) is 4.79 Å². The Labute approximate surface area is 185 Å². The molecule has 0 radical (unpaired) electrons. The fourth-order valence-corrected chi connectivity index (χ4v) is 4.38. The minimum absolute atomic E-state index is 0.0796. The van der Waals surface area contributed by atoms with E-state index in [1.807, 2.05) is 67.3 Å². The molecule has 1 aliphatic heterocycles. The Morgan fingerprint density at radius 2 is 1.55 bits per heavy atom. The lowest BCUT2D eigenvalue weighted by Gasteiger charge is -2.31. The van der Waals surface area contributed by atoms with Crippen molar-refractivity contribution in [2.75, 3.05) is 23.7 Å². The van der Waals surface area contributed by atoms with Crippen LogP contribution in [0.5, 0.6) is 0 Å². The van der Waals surface area contributed by atoms with Gasteiger partial charge in [0, 0.05) is 30.4 Å². The minimum Gasteiger partial charge on any atom is -0.324 e. The lowest BCUT2D eigenvalue weighted by Crippen LogP contribution is -2.41. The molecule has 2 N–H and O–H groups in total. The molecule has 4 rings (SSSR count). The van der Waals surface area contributed by atoms with Crippen LogP contribution in [-0.4, -0.2) is 40.1 Å². The lowest BCUT2D eigenvalue weighted by molar-refractivity contribution is 0.102. The second-order valence-corrected chi connectivity index (χ2v) is 8.86. The Morgan fingerprint density at radius 3 is 2.19 bits per heavy atom. The monoisotopic (exact) mass is 435 g/mol. The van der Waals surface area contributed by atoms with E-state index in [1.54, 1.807) is 0 Å². The van der Waals surface area contributed by atoms with E-state index in [4.69, 9.17) is 0 Å². The molecule has 1 fully saturated rings. The third-order valence-corrected chi connectivity index (χ3v) is 6.39. The molecular weight excluding hydrogens is 410 g/mol. The lowest BCUT2D eigenvalue weighted by atomic mass is 9.99. The molecule has 1 aromatic heterocycles. The fourth-order valence-electron chi connectivity index (χ4n) is 3.52. The van der Waals surface area contributed by atoms with Gasteiger partial charge in [0.1, 0.15) is 5.01 Å². The highest BCUT2D eigenvalue weighted by atomic mass is 32.1. The number of urea groups is 1. The molecular formula is C23H25N5O2S. The Hall–Kier alpha value is -3.26. The molecule has 31 heavy (non-hydrogen) atoms. The van der Waals surface area contributed by atoms with Crippen LogP contribution in [0, 0.1) is 13.8 Å². The number of carbonyl (C=O) groups excluding carboxylic acids is 2. The predicted molar refractivity (Wildman–Crippen MR) is 123 cm³/mol. The summed E-state index contributed by atoms with van der Waals surface area (Å²) in [7, 11) is 0. The van der Waals surface area contributed by atoms with Crippen LogP contribution in [0.1, 0.15) is 44.7 Å². The summed E-state index contributed by atoms with van der Waals surface area (Å²) in [5, 5.41) is 15.3. The molecule has 0 aliphatic carbocycles. The number of piperidine rings is 1. The second kappa shape index (κ2) is 9.26. The predicted octanol–water partition coefficient (Wildman–Crippen LogP) is 4.82. The number of nitrogens with zero attached hydrogens (tertiary/aromatic N) is 3. The molecule has 0 bridgehead atoms.